The second-order valence-electron chi connectivity index (χ2n) is 7.78. The van der Waals surface area contributed by atoms with Gasteiger partial charge in [-0.15, -0.1) is 0 Å². The van der Waals surface area contributed by atoms with Gasteiger partial charge in [-0.3, -0.25) is 4.79 Å². The lowest BCUT2D eigenvalue weighted by atomic mass is 9.82. The van der Waals surface area contributed by atoms with E-state index in [1.165, 1.54) is 0 Å². The molecule has 5 rings (SSSR count). The van der Waals surface area contributed by atoms with Gasteiger partial charge in [-0.1, -0.05) is 24.3 Å². The predicted molar refractivity (Wildman–Crippen MR) is 114 cm³/mol. The Morgan fingerprint density at radius 2 is 1.67 bits per heavy atom. The van der Waals surface area contributed by atoms with Gasteiger partial charge in [-0.25, -0.2) is 15.0 Å². The molecular formula is C23H23N5O2. The zero-order valence-electron chi connectivity index (χ0n) is 16.6. The van der Waals surface area contributed by atoms with Gasteiger partial charge in [0, 0.05) is 50.9 Å². The summed E-state index contributed by atoms with van der Waals surface area (Å²) in [5.74, 6) is 1.87. The number of hydrogen-bond acceptors (Lipinski definition) is 7. The van der Waals surface area contributed by atoms with Gasteiger partial charge in [0.15, 0.2) is 5.78 Å². The Hall–Kier alpha value is -3.48. The van der Waals surface area contributed by atoms with Crippen molar-refractivity contribution in [1.29, 1.82) is 0 Å². The number of para-hydroxylation sites is 1. The van der Waals surface area contributed by atoms with Crippen LogP contribution in [0.3, 0.4) is 0 Å². The highest BCUT2D eigenvalue weighted by molar-refractivity contribution is 5.98. The summed E-state index contributed by atoms with van der Waals surface area (Å²) < 4.78 is 0. The summed E-state index contributed by atoms with van der Waals surface area (Å²) in [6.07, 6.45) is 4.48. The normalized spacial score (nSPS) is 18.9. The number of Topliss-reactive ketones (excluding diaryl/α,β-unsaturated/α-hetero) is 1. The van der Waals surface area contributed by atoms with E-state index in [0.717, 1.165) is 43.3 Å². The maximum absolute atomic E-state index is 12.7. The second kappa shape index (κ2) is 7.74. The third kappa shape index (κ3) is 3.47. The molecule has 0 bridgehead atoms. The summed E-state index contributed by atoms with van der Waals surface area (Å²) in [7, 11) is 0. The molecule has 152 valence electrons. The standard InChI is InChI=1S/C23H23N5O2/c29-20-6-2-1-5-17(20)16-13-19-18(21(30)14-16)15-25-23(26-19)28-11-9-27(10-12-28)22-7-3-4-8-24-22/h1-8,15-16,29H,9-14H2/t16-/m1/s1. The first-order chi connectivity index (χ1) is 14.7. The number of phenols is 1. The molecule has 30 heavy (non-hydrogen) atoms. The minimum absolute atomic E-state index is 0.0380. The van der Waals surface area contributed by atoms with Crippen LogP contribution in [-0.4, -0.2) is 52.0 Å². The maximum atomic E-state index is 12.7. The molecule has 2 aliphatic rings. The van der Waals surface area contributed by atoms with Gasteiger partial charge in [0.05, 0.1) is 11.3 Å². The van der Waals surface area contributed by atoms with E-state index >= 15 is 0 Å². The molecule has 1 fully saturated rings. The van der Waals surface area contributed by atoms with E-state index in [9.17, 15) is 9.90 Å². The molecule has 7 heteroatoms. The molecule has 0 saturated carbocycles. The number of rotatable bonds is 3. The molecule has 0 spiro atoms. The molecule has 1 aliphatic carbocycles. The minimum Gasteiger partial charge on any atom is -0.508 e. The number of piperazine rings is 1. The van der Waals surface area contributed by atoms with Gasteiger partial charge in [0.2, 0.25) is 5.95 Å². The van der Waals surface area contributed by atoms with E-state index < -0.39 is 0 Å². The molecule has 7 nitrogen and oxygen atoms in total. The first-order valence-corrected chi connectivity index (χ1v) is 10.3. The van der Waals surface area contributed by atoms with E-state index in [1.54, 1.807) is 18.3 Å². The summed E-state index contributed by atoms with van der Waals surface area (Å²) in [5, 5.41) is 10.2. The Bertz CT molecular complexity index is 1060. The molecule has 0 radical (unpaired) electrons. The Morgan fingerprint density at radius 3 is 2.43 bits per heavy atom. The second-order valence-corrected chi connectivity index (χ2v) is 7.78. The molecule has 1 aromatic carbocycles. The van der Waals surface area contributed by atoms with Gasteiger partial charge in [0.1, 0.15) is 11.6 Å². The lowest BCUT2D eigenvalue weighted by Gasteiger charge is -2.35. The van der Waals surface area contributed by atoms with Crippen LogP contribution in [0.2, 0.25) is 0 Å². The van der Waals surface area contributed by atoms with Gasteiger partial charge in [-0.2, -0.15) is 0 Å². The predicted octanol–water partition coefficient (Wildman–Crippen LogP) is 2.82. The summed E-state index contributed by atoms with van der Waals surface area (Å²) in [5.41, 5.74) is 2.19. The van der Waals surface area contributed by atoms with Crippen molar-refractivity contribution in [3.63, 3.8) is 0 Å². The lowest BCUT2D eigenvalue weighted by molar-refractivity contribution is 0.0962. The Kier molecular flexibility index (Phi) is 4.78. The highest BCUT2D eigenvalue weighted by Gasteiger charge is 2.30. The fourth-order valence-electron chi connectivity index (χ4n) is 4.32. The molecule has 3 heterocycles. The fraction of sp³-hybridized carbons (Fsp3) is 0.304. The smallest absolute Gasteiger partial charge is 0.225 e. The molecule has 1 N–H and O–H groups in total. The monoisotopic (exact) mass is 401 g/mol. The molecule has 3 aromatic rings. The van der Waals surface area contributed by atoms with Crippen LogP contribution >= 0.6 is 0 Å². The Labute approximate surface area is 175 Å². The topological polar surface area (TPSA) is 82.5 Å². The number of pyridine rings is 1. The molecule has 2 aromatic heterocycles. The van der Waals surface area contributed by atoms with Crippen LogP contribution in [0.15, 0.2) is 54.9 Å². The van der Waals surface area contributed by atoms with Crippen LogP contribution in [0.1, 0.15) is 34.0 Å². The Morgan fingerprint density at radius 1 is 0.900 bits per heavy atom. The average Bonchev–Trinajstić information content (AvgIpc) is 2.80. The number of carbonyl (C=O) groups excluding carboxylic acids is 1. The van der Waals surface area contributed by atoms with Crippen molar-refractivity contribution in [2.45, 2.75) is 18.8 Å². The number of anilines is 2. The van der Waals surface area contributed by atoms with Crippen molar-refractivity contribution in [3.05, 3.63) is 71.7 Å². The van der Waals surface area contributed by atoms with E-state index in [0.29, 0.717) is 24.4 Å². The number of phenolic OH excluding ortho intramolecular Hbond substituents is 1. The molecule has 1 saturated heterocycles. The highest BCUT2D eigenvalue weighted by Crippen LogP contribution is 2.36. The quantitative estimate of drug-likeness (QED) is 0.723. The van der Waals surface area contributed by atoms with E-state index in [-0.39, 0.29) is 17.5 Å². The molecular weight excluding hydrogens is 378 g/mol. The molecule has 1 atom stereocenters. The number of benzene rings is 1. The van der Waals surface area contributed by atoms with Crippen LogP contribution in [0, 0.1) is 0 Å². The number of aromatic nitrogens is 3. The summed E-state index contributed by atoms with van der Waals surface area (Å²) in [6.45, 7) is 3.28. The largest absolute Gasteiger partial charge is 0.508 e. The first kappa shape index (κ1) is 18.5. The van der Waals surface area contributed by atoms with Crippen molar-refractivity contribution in [2.24, 2.45) is 0 Å². The minimum atomic E-state index is -0.0602. The van der Waals surface area contributed by atoms with Crippen LogP contribution in [-0.2, 0) is 6.42 Å². The van der Waals surface area contributed by atoms with Crippen LogP contribution in [0.4, 0.5) is 11.8 Å². The average molecular weight is 401 g/mol. The van der Waals surface area contributed by atoms with Gasteiger partial charge < -0.3 is 14.9 Å². The van der Waals surface area contributed by atoms with Gasteiger partial charge >= 0.3 is 0 Å². The molecule has 0 amide bonds. The fourth-order valence-corrected chi connectivity index (χ4v) is 4.32. The number of ketones is 1. The van der Waals surface area contributed by atoms with E-state index in [2.05, 4.69) is 19.8 Å². The van der Waals surface area contributed by atoms with Gasteiger partial charge in [0.25, 0.3) is 0 Å². The first-order valence-electron chi connectivity index (χ1n) is 10.3. The third-order valence-electron chi connectivity index (χ3n) is 5.94. The third-order valence-corrected chi connectivity index (χ3v) is 5.94. The maximum Gasteiger partial charge on any atom is 0.225 e. The van der Waals surface area contributed by atoms with E-state index in [4.69, 9.17) is 4.98 Å². The van der Waals surface area contributed by atoms with Crippen molar-refractivity contribution < 1.29 is 9.90 Å². The molecule has 1 aliphatic heterocycles. The zero-order chi connectivity index (χ0) is 20.5. The lowest BCUT2D eigenvalue weighted by Crippen LogP contribution is -2.47. The molecule has 0 unspecified atom stereocenters. The van der Waals surface area contributed by atoms with Crippen molar-refractivity contribution >= 4 is 17.5 Å². The number of carbonyl (C=O) groups is 1. The van der Waals surface area contributed by atoms with Crippen molar-refractivity contribution in [3.8, 4) is 5.75 Å². The Balaban J connectivity index is 1.34. The summed E-state index contributed by atoms with van der Waals surface area (Å²) in [6, 6.07) is 13.2. The number of nitrogens with zero attached hydrogens (tertiary/aromatic N) is 5. The number of aromatic hydroxyl groups is 1. The van der Waals surface area contributed by atoms with Gasteiger partial charge in [-0.05, 0) is 30.2 Å². The van der Waals surface area contributed by atoms with Crippen molar-refractivity contribution in [2.75, 3.05) is 36.0 Å². The van der Waals surface area contributed by atoms with Crippen molar-refractivity contribution in [1.82, 2.24) is 15.0 Å². The number of fused-ring (bicyclic) bond motifs is 1. The highest BCUT2D eigenvalue weighted by atomic mass is 16.3. The summed E-state index contributed by atoms with van der Waals surface area (Å²) >= 11 is 0. The SMILES string of the molecule is O=C1C[C@H](c2ccccc2O)Cc2nc(N3CCN(c4ccccn4)CC3)ncc21. The zero-order valence-corrected chi connectivity index (χ0v) is 16.6. The van der Waals surface area contributed by atoms with Crippen LogP contribution in [0.5, 0.6) is 5.75 Å². The van der Waals surface area contributed by atoms with E-state index in [1.807, 2.05) is 36.5 Å². The summed E-state index contributed by atoms with van der Waals surface area (Å²) in [4.78, 5) is 30.8. The number of hydrogen-bond donors (Lipinski definition) is 1. The van der Waals surface area contributed by atoms with Crippen LogP contribution < -0.4 is 9.80 Å². The van der Waals surface area contributed by atoms with Crippen LogP contribution in [0.25, 0.3) is 0 Å².